The molecule has 6 heteroatoms. The van der Waals surface area contributed by atoms with Crippen molar-refractivity contribution in [2.45, 2.75) is 70.9 Å². The van der Waals surface area contributed by atoms with Crippen LogP contribution >= 0.6 is 0 Å². The molecule has 0 aromatic carbocycles. The third-order valence-electron chi connectivity index (χ3n) is 6.10. The lowest BCUT2D eigenvalue weighted by Gasteiger charge is -2.31. The van der Waals surface area contributed by atoms with E-state index in [0.717, 1.165) is 31.1 Å². The van der Waals surface area contributed by atoms with E-state index in [2.05, 4.69) is 17.2 Å². The third kappa shape index (κ3) is 2.77. The van der Waals surface area contributed by atoms with E-state index in [9.17, 15) is 4.79 Å². The van der Waals surface area contributed by atoms with E-state index in [-0.39, 0.29) is 11.6 Å². The van der Waals surface area contributed by atoms with E-state index in [4.69, 9.17) is 10.7 Å². The smallest absolute Gasteiger partial charge is 0.257 e. The lowest BCUT2D eigenvalue weighted by Crippen LogP contribution is -2.33. The largest absolute Gasteiger partial charge is 0.398 e. The van der Waals surface area contributed by atoms with Crippen LogP contribution in [-0.2, 0) is 0 Å². The van der Waals surface area contributed by atoms with Crippen LogP contribution in [0.5, 0.6) is 0 Å². The van der Waals surface area contributed by atoms with Gasteiger partial charge < -0.3 is 11.1 Å². The van der Waals surface area contributed by atoms with Crippen molar-refractivity contribution in [3.8, 4) is 0 Å². The van der Waals surface area contributed by atoms with Crippen LogP contribution < -0.4 is 16.6 Å². The molecule has 2 saturated carbocycles. The minimum atomic E-state index is -0.00890. The molecule has 2 aliphatic rings. The number of anilines is 2. The minimum absolute atomic E-state index is 0.00890. The van der Waals surface area contributed by atoms with Gasteiger partial charge in [-0.05, 0) is 44.9 Å². The Hall–Kier alpha value is -2.11. The predicted octanol–water partition coefficient (Wildman–Crippen LogP) is 3.40. The average molecular weight is 341 g/mol. The lowest BCUT2D eigenvalue weighted by atomic mass is 9.86. The SMILES string of the molecule is Cc1c(N)c2cnc(NC3CCCC[C@H]3C)nc2n(C2CCC2)c1=O. The minimum Gasteiger partial charge on any atom is -0.398 e. The van der Waals surface area contributed by atoms with Gasteiger partial charge in [-0.2, -0.15) is 4.98 Å². The average Bonchev–Trinajstić information content (AvgIpc) is 2.57. The second-order valence-corrected chi connectivity index (χ2v) is 7.74. The Labute approximate surface area is 147 Å². The van der Waals surface area contributed by atoms with E-state index in [0.29, 0.717) is 34.8 Å². The molecular weight excluding hydrogens is 314 g/mol. The van der Waals surface area contributed by atoms with Gasteiger partial charge in [0, 0.05) is 23.8 Å². The van der Waals surface area contributed by atoms with E-state index >= 15 is 0 Å². The zero-order valence-electron chi connectivity index (χ0n) is 15.1. The van der Waals surface area contributed by atoms with Crippen LogP contribution in [0.25, 0.3) is 11.0 Å². The van der Waals surface area contributed by atoms with Crippen LogP contribution in [-0.4, -0.2) is 20.6 Å². The van der Waals surface area contributed by atoms with Crippen molar-refractivity contribution in [1.29, 1.82) is 0 Å². The maximum atomic E-state index is 12.8. The number of hydrogen-bond acceptors (Lipinski definition) is 5. The van der Waals surface area contributed by atoms with E-state index in [1.165, 1.54) is 19.3 Å². The number of fused-ring (bicyclic) bond motifs is 1. The number of hydrogen-bond donors (Lipinski definition) is 2. The zero-order valence-corrected chi connectivity index (χ0v) is 15.1. The van der Waals surface area contributed by atoms with Gasteiger partial charge in [0.05, 0.1) is 11.1 Å². The highest BCUT2D eigenvalue weighted by atomic mass is 16.1. The van der Waals surface area contributed by atoms with Gasteiger partial charge in [0.15, 0.2) is 5.65 Å². The molecule has 2 aromatic rings. The highest BCUT2D eigenvalue weighted by Gasteiger charge is 2.26. The van der Waals surface area contributed by atoms with Gasteiger partial charge in [-0.3, -0.25) is 9.36 Å². The van der Waals surface area contributed by atoms with Gasteiger partial charge in [0.1, 0.15) is 0 Å². The van der Waals surface area contributed by atoms with Crippen LogP contribution in [0.15, 0.2) is 11.0 Å². The molecule has 2 fully saturated rings. The summed E-state index contributed by atoms with van der Waals surface area (Å²) in [5.41, 5.74) is 7.97. The van der Waals surface area contributed by atoms with Crippen molar-refractivity contribution < 1.29 is 0 Å². The number of aromatic nitrogens is 3. The molecule has 3 N–H and O–H groups in total. The van der Waals surface area contributed by atoms with Crippen LogP contribution in [0.4, 0.5) is 11.6 Å². The summed E-state index contributed by atoms with van der Waals surface area (Å²) in [6.45, 7) is 4.08. The molecule has 0 aliphatic heterocycles. The fraction of sp³-hybridized carbons (Fsp3) is 0.632. The van der Waals surface area contributed by atoms with Crippen LogP contribution in [0.2, 0.25) is 0 Å². The predicted molar refractivity (Wildman–Crippen MR) is 101 cm³/mol. The quantitative estimate of drug-likeness (QED) is 0.893. The first-order chi connectivity index (χ1) is 12.1. The van der Waals surface area contributed by atoms with Gasteiger partial charge in [0.2, 0.25) is 5.95 Å². The maximum Gasteiger partial charge on any atom is 0.257 e. The van der Waals surface area contributed by atoms with Crippen molar-refractivity contribution in [2.24, 2.45) is 5.92 Å². The first-order valence-electron chi connectivity index (χ1n) is 9.50. The molecule has 6 nitrogen and oxygen atoms in total. The number of rotatable bonds is 3. The number of nitrogen functional groups attached to an aromatic ring is 1. The lowest BCUT2D eigenvalue weighted by molar-refractivity contribution is 0.313. The summed E-state index contributed by atoms with van der Waals surface area (Å²) in [7, 11) is 0. The normalized spacial score (nSPS) is 24.2. The molecule has 25 heavy (non-hydrogen) atoms. The summed E-state index contributed by atoms with van der Waals surface area (Å²) in [6, 6.07) is 0.642. The third-order valence-corrected chi connectivity index (χ3v) is 6.10. The van der Waals surface area contributed by atoms with Gasteiger partial charge in [-0.25, -0.2) is 4.98 Å². The highest BCUT2D eigenvalue weighted by molar-refractivity contribution is 5.89. The molecule has 2 heterocycles. The number of nitrogens with two attached hydrogens (primary N) is 1. The van der Waals surface area contributed by atoms with Gasteiger partial charge in [-0.15, -0.1) is 0 Å². The fourth-order valence-corrected chi connectivity index (χ4v) is 4.09. The Bertz CT molecular complexity index is 855. The summed E-state index contributed by atoms with van der Waals surface area (Å²) in [4.78, 5) is 22.0. The van der Waals surface area contributed by atoms with E-state index in [1.54, 1.807) is 13.1 Å². The molecule has 0 spiro atoms. The maximum absolute atomic E-state index is 12.8. The second kappa shape index (κ2) is 6.32. The summed E-state index contributed by atoms with van der Waals surface area (Å²) >= 11 is 0. The highest BCUT2D eigenvalue weighted by Crippen LogP contribution is 2.34. The Morgan fingerprint density at radius 3 is 2.64 bits per heavy atom. The molecule has 0 bridgehead atoms. The molecule has 1 unspecified atom stereocenters. The van der Waals surface area contributed by atoms with Crippen molar-refractivity contribution in [1.82, 2.24) is 14.5 Å². The van der Waals surface area contributed by atoms with Gasteiger partial charge in [0.25, 0.3) is 5.56 Å². The molecule has 0 radical (unpaired) electrons. The van der Waals surface area contributed by atoms with Crippen molar-refractivity contribution in [3.05, 3.63) is 22.1 Å². The Kier molecular flexibility index (Phi) is 4.13. The number of pyridine rings is 1. The van der Waals surface area contributed by atoms with Crippen LogP contribution in [0, 0.1) is 12.8 Å². The summed E-state index contributed by atoms with van der Waals surface area (Å²) in [5, 5.41) is 4.28. The summed E-state index contributed by atoms with van der Waals surface area (Å²) in [6.07, 6.45) is 9.93. The van der Waals surface area contributed by atoms with Crippen molar-refractivity contribution in [2.75, 3.05) is 11.1 Å². The van der Waals surface area contributed by atoms with Crippen molar-refractivity contribution in [3.63, 3.8) is 0 Å². The summed E-state index contributed by atoms with van der Waals surface area (Å²) in [5.74, 6) is 1.23. The monoisotopic (exact) mass is 341 g/mol. The molecule has 2 atom stereocenters. The molecule has 0 amide bonds. The standard InChI is InChI=1S/C19H27N5O/c1-11-6-3-4-9-15(11)22-19-21-10-14-16(20)12(2)18(25)24(17(14)23-19)13-7-5-8-13/h10-11,13,15H,3-9,20H2,1-2H3,(H,21,22,23)/t11-,15?/m1/s1. The summed E-state index contributed by atoms with van der Waals surface area (Å²) < 4.78 is 1.85. The topological polar surface area (TPSA) is 85.8 Å². The Balaban J connectivity index is 1.78. The molecule has 2 aliphatic carbocycles. The van der Waals surface area contributed by atoms with Gasteiger partial charge in [-0.1, -0.05) is 19.8 Å². The molecule has 0 saturated heterocycles. The Morgan fingerprint density at radius 2 is 1.96 bits per heavy atom. The van der Waals surface area contributed by atoms with Gasteiger partial charge >= 0.3 is 0 Å². The first-order valence-corrected chi connectivity index (χ1v) is 9.50. The fourth-order valence-electron chi connectivity index (χ4n) is 4.09. The van der Waals surface area contributed by atoms with Crippen LogP contribution in [0.3, 0.4) is 0 Å². The number of nitrogens with zero attached hydrogens (tertiary/aromatic N) is 3. The Morgan fingerprint density at radius 1 is 1.20 bits per heavy atom. The van der Waals surface area contributed by atoms with Crippen LogP contribution in [0.1, 0.15) is 63.5 Å². The second-order valence-electron chi connectivity index (χ2n) is 7.74. The number of nitrogens with one attached hydrogen (secondary N) is 1. The molecular formula is C19H27N5O. The first kappa shape index (κ1) is 16.4. The van der Waals surface area contributed by atoms with E-state index in [1.807, 2.05) is 4.57 Å². The molecule has 2 aromatic heterocycles. The molecule has 4 rings (SSSR count). The van der Waals surface area contributed by atoms with Crippen molar-refractivity contribution >= 4 is 22.7 Å². The zero-order chi connectivity index (χ0) is 17.6. The molecule has 134 valence electrons. The van der Waals surface area contributed by atoms with E-state index < -0.39 is 0 Å².